The van der Waals surface area contributed by atoms with Gasteiger partial charge in [-0.3, -0.25) is 24.2 Å². The summed E-state index contributed by atoms with van der Waals surface area (Å²) in [4.78, 5) is 81.5. The highest BCUT2D eigenvalue weighted by atomic mass is 16.5. The molecule has 0 spiro atoms. The van der Waals surface area contributed by atoms with Crippen molar-refractivity contribution in [2.45, 2.75) is 77.8 Å². The highest BCUT2D eigenvalue weighted by molar-refractivity contribution is 5.97. The van der Waals surface area contributed by atoms with Crippen LogP contribution in [0.4, 0.5) is 11.8 Å². The van der Waals surface area contributed by atoms with Gasteiger partial charge in [-0.2, -0.15) is 4.98 Å². The van der Waals surface area contributed by atoms with Crippen molar-refractivity contribution in [3.63, 3.8) is 0 Å². The number of benzene rings is 1. The van der Waals surface area contributed by atoms with Crippen LogP contribution in [0.3, 0.4) is 0 Å². The molecule has 256 valence electrons. The van der Waals surface area contributed by atoms with Gasteiger partial charge in [0.25, 0.3) is 11.5 Å². The summed E-state index contributed by atoms with van der Waals surface area (Å²) in [7, 11) is 0. The summed E-state index contributed by atoms with van der Waals surface area (Å²) in [5.74, 6) is -2.18. The van der Waals surface area contributed by atoms with Crippen LogP contribution < -0.4 is 27.2 Å². The molecule has 1 unspecified atom stereocenters. The number of nitrogens with one attached hydrogen (secondary N) is 4. The van der Waals surface area contributed by atoms with Gasteiger partial charge in [-0.05, 0) is 76.5 Å². The Morgan fingerprint density at radius 2 is 1.53 bits per heavy atom. The number of carbonyl (C=O) groups is 5. The maximum Gasteiger partial charge on any atom is 0.328 e. The number of H-pyrrole nitrogens is 1. The molecule has 1 aliphatic heterocycles. The number of nitrogen functional groups attached to an aromatic ring is 1. The van der Waals surface area contributed by atoms with Gasteiger partial charge in [0, 0.05) is 24.9 Å². The number of nitrogens with zero attached hydrogens (tertiary/aromatic N) is 1. The van der Waals surface area contributed by atoms with Crippen LogP contribution in [0.1, 0.15) is 74.4 Å². The lowest BCUT2D eigenvalue weighted by Gasteiger charge is -2.24. The minimum absolute atomic E-state index is 0.0181. The molecule has 0 bridgehead atoms. The average Bonchev–Trinajstić information content (AvgIpc) is 3.04. The fraction of sp³-hybridized carbons (Fsp3) is 0.531. The summed E-state index contributed by atoms with van der Waals surface area (Å²) in [6.45, 7) is 5.92. The summed E-state index contributed by atoms with van der Waals surface area (Å²) in [5.41, 5.74) is 7.28. The van der Waals surface area contributed by atoms with Crippen molar-refractivity contribution in [3.8, 4) is 0 Å². The number of aromatic nitrogens is 2. The SMILES string of the molecule is CCOC(=O)CC[C@H]([15NH]C(=O)CC[C@H]([15NH]C(=O)c1ccc(CCC2CNc3nc(N)[nH]c(=O)c3C2)cc1)C(=O)OCC)C(=O)OCC. The molecule has 1 aromatic heterocycles. The Morgan fingerprint density at radius 1 is 0.915 bits per heavy atom. The molecule has 1 aliphatic rings. The van der Waals surface area contributed by atoms with Crippen LogP contribution in [-0.4, -0.2) is 78.1 Å². The molecule has 6 N–H and O–H groups in total. The molecule has 0 fully saturated rings. The predicted octanol–water partition coefficient (Wildman–Crippen LogP) is 1.40. The van der Waals surface area contributed by atoms with Crippen molar-refractivity contribution in [1.82, 2.24) is 20.6 Å². The van der Waals surface area contributed by atoms with Crippen LogP contribution in [0.5, 0.6) is 0 Å². The van der Waals surface area contributed by atoms with E-state index in [1.165, 1.54) is 0 Å². The molecule has 2 amide bonds. The molecule has 15 heteroatoms. The molecular weight excluding hydrogens is 614 g/mol. The first-order chi connectivity index (χ1) is 22.5. The molecule has 2 aromatic rings. The van der Waals surface area contributed by atoms with Crippen molar-refractivity contribution in [2.24, 2.45) is 5.92 Å². The Morgan fingerprint density at radius 3 is 2.17 bits per heavy atom. The van der Waals surface area contributed by atoms with E-state index in [0.29, 0.717) is 29.9 Å². The minimum Gasteiger partial charge on any atom is -0.466 e. The molecule has 0 saturated heterocycles. The second-order valence-electron chi connectivity index (χ2n) is 11.0. The van der Waals surface area contributed by atoms with Crippen molar-refractivity contribution in [3.05, 3.63) is 51.3 Å². The fourth-order valence-corrected chi connectivity index (χ4v) is 5.11. The van der Waals surface area contributed by atoms with E-state index in [9.17, 15) is 28.8 Å². The number of fused-ring (bicyclic) bond motifs is 1. The number of hydrogen-bond acceptors (Lipinski definition) is 12. The summed E-state index contributed by atoms with van der Waals surface area (Å²) in [6.07, 6.45) is 1.68. The van der Waals surface area contributed by atoms with Gasteiger partial charge in [-0.1, -0.05) is 12.1 Å². The average molecular weight is 659 g/mol. The molecule has 3 atom stereocenters. The van der Waals surface area contributed by atoms with Crippen LogP contribution >= 0.6 is 0 Å². The molecule has 0 saturated carbocycles. The molecule has 2 heterocycles. The van der Waals surface area contributed by atoms with Gasteiger partial charge in [0.15, 0.2) is 0 Å². The van der Waals surface area contributed by atoms with Crippen LogP contribution in [0, 0.1) is 5.92 Å². The number of anilines is 2. The van der Waals surface area contributed by atoms with Crippen LogP contribution in [0.25, 0.3) is 0 Å². The zero-order valence-corrected chi connectivity index (χ0v) is 27.0. The maximum absolute atomic E-state index is 13.1. The third-order valence-corrected chi connectivity index (χ3v) is 7.53. The van der Waals surface area contributed by atoms with Crippen molar-refractivity contribution < 1.29 is 38.2 Å². The van der Waals surface area contributed by atoms with Gasteiger partial charge >= 0.3 is 17.9 Å². The maximum atomic E-state index is 13.1. The van der Waals surface area contributed by atoms with Crippen molar-refractivity contribution in [2.75, 3.05) is 37.4 Å². The lowest BCUT2D eigenvalue weighted by molar-refractivity contribution is -0.149. The second-order valence-corrected chi connectivity index (χ2v) is 11.0. The number of carbonyl (C=O) groups excluding carboxylic acids is 5. The number of aryl methyl sites for hydroxylation is 1. The monoisotopic (exact) mass is 658 g/mol. The zero-order valence-electron chi connectivity index (χ0n) is 27.0. The second kappa shape index (κ2) is 18.3. The Balaban J connectivity index is 1.55. The van der Waals surface area contributed by atoms with E-state index in [0.717, 1.165) is 18.4 Å². The van der Waals surface area contributed by atoms with Crippen LogP contribution in [0.15, 0.2) is 29.1 Å². The smallest absolute Gasteiger partial charge is 0.328 e. The van der Waals surface area contributed by atoms with Crippen molar-refractivity contribution >= 4 is 41.5 Å². The predicted molar refractivity (Wildman–Crippen MR) is 171 cm³/mol. The number of esters is 3. The number of amides is 2. The molecule has 0 radical (unpaired) electrons. The number of ether oxygens (including phenoxy) is 3. The van der Waals surface area contributed by atoms with Crippen LogP contribution in [-0.2, 0) is 46.2 Å². The summed E-state index contributed by atoms with van der Waals surface area (Å²) in [6, 6.07) is 4.76. The van der Waals surface area contributed by atoms with Gasteiger partial charge in [0.2, 0.25) is 11.9 Å². The Hall–Kier alpha value is -4.95. The number of nitrogens with two attached hydrogens (primary N) is 1. The van der Waals surface area contributed by atoms with E-state index in [-0.39, 0.29) is 62.9 Å². The van der Waals surface area contributed by atoms with Crippen molar-refractivity contribution in [1.29, 1.82) is 0 Å². The standard InChI is InChI=1S/C32H44N6O9/c1-4-45-26(40)16-14-23(30(43)46-5-2)35-25(39)15-13-24(31(44)47-6-3)36-28(41)21-11-9-19(10-12-21)7-8-20-17-22-27(34-18-20)37-32(33)38-29(22)42/h9-12,20,23-24H,4-8,13-18H2,1-3H3,(H,35,39)(H,36,41)(H4,33,34,37,38,42)/t20?,23-,24-/m0/s1/i35+1,36+1. The highest BCUT2D eigenvalue weighted by Crippen LogP contribution is 2.23. The third-order valence-electron chi connectivity index (χ3n) is 7.53. The summed E-state index contributed by atoms with van der Waals surface area (Å²) in [5, 5.41) is 8.37. The lowest BCUT2D eigenvalue weighted by atomic mass is 9.91. The number of aromatic amines is 1. The molecular formula is C32H44N6O9. The lowest BCUT2D eigenvalue weighted by Crippen LogP contribution is -2.45. The summed E-state index contributed by atoms with van der Waals surface area (Å²) < 4.78 is 15.0. The first-order valence-corrected chi connectivity index (χ1v) is 15.8. The first-order valence-electron chi connectivity index (χ1n) is 15.8. The van der Waals surface area contributed by atoms with Crippen LogP contribution in [0.2, 0.25) is 0 Å². The number of rotatable bonds is 17. The van der Waals surface area contributed by atoms with E-state index in [1.807, 2.05) is 12.1 Å². The Bertz CT molecular complexity index is 1460. The molecule has 0 aliphatic carbocycles. The van der Waals surface area contributed by atoms with Gasteiger partial charge in [0.1, 0.15) is 17.9 Å². The topological polar surface area (TPSA) is 221 Å². The third kappa shape index (κ3) is 11.4. The molecule has 15 nitrogen and oxygen atoms in total. The quantitative estimate of drug-likeness (QED) is 0.0925. The number of hydrogen-bond donors (Lipinski definition) is 5. The van der Waals surface area contributed by atoms with Gasteiger partial charge in [-0.15, -0.1) is 0 Å². The van der Waals surface area contributed by atoms with Gasteiger partial charge in [-0.25, -0.2) is 9.59 Å². The largest absolute Gasteiger partial charge is 0.466 e. The van der Waals surface area contributed by atoms with E-state index in [2.05, 4.69) is 25.9 Å². The van der Waals surface area contributed by atoms with Gasteiger partial charge in [0.05, 0.1) is 25.4 Å². The fourth-order valence-electron chi connectivity index (χ4n) is 5.11. The van der Waals surface area contributed by atoms with Gasteiger partial charge < -0.3 is 35.9 Å². The molecule has 1 aromatic carbocycles. The van der Waals surface area contributed by atoms with E-state index >= 15 is 0 Å². The van der Waals surface area contributed by atoms with E-state index < -0.39 is 41.8 Å². The Labute approximate surface area is 272 Å². The highest BCUT2D eigenvalue weighted by Gasteiger charge is 2.27. The van der Waals surface area contributed by atoms with E-state index in [4.69, 9.17) is 19.9 Å². The first kappa shape index (κ1) is 36.5. The minimum atomic E-state index is -1.12. The normalized spacial score (nSPS) is 14.8. The Kier molecular flexibility index (Phi) is 14.2. The molecule has 3 rings (SSSR count). The van der Waals surface area contributed by atoms with E-state index in [1.54, 1.807) is 32.9 Å². The molecule has 47 heavy (non-hydrogen) atoms. The zero-order chi connectivity index (χ0) is 34.3. The summed E-state index contributed by atoms with van der Waals surface area (Å²) >= 11 is 0.